The molecule has 112 valence electrons. The summed E-state index contributed by atoms with van der Waals surface area (Å²) in [5.41, 5.74) is 2.10. The molecule has 0 aliphatic carbocycles. The molecule has 1 atom stereocenters. The maximum absolute atomic E-state index is 14.1. The highest BCUT2D eigenvalue weighted by Gasteiger charge is 2.21. The quantitative estimate of drug-likeness (QED) is 0.899. The molecule has 1 N–H and O–H groups in total. The fourth-order valence-electron chi connectivity index (χ4n) is 2.40. The third kappa shape index (κ3) is 3.22. The van der Waals surface area contributed by atoms with E-state index in [2.05, 4.69) is 5.32 Å². The molecule has 2 aromatic carbocycles. The molecule has 4 heteroatoms. The summed E-state index contributed by atoms with van der Waals surface area (Å²) in [6, 6.07) is 9.45. The van der Waals surface area contributed by atoms with Crippen LogP contribution in [0.25, 0.3) is 0 Å². The Morgan fingerprint density at radius 2 is 1.90 bits per heavy atom. The maximum atomic E-state index is 14.1. The fraction of sp³-hybridized carbons (Fsp3) is 0.294. The number of rotatable bonds is 5. The van der Waals surface area contributed by atoms with Crippen molar-refractivity contribution < 1.29 is 13.5 Å². The maximum Gasteiger partial charge on any atom is 0.163 e. The van der Waals surface area contributed by atoms with E-state index in [0.717, 1.165) is 17.2 Å². The average Bonchev–Trinajstić information content (AvgIpc) is 2.47. The SMILES string of the molecule is CCOc1ccc(C)cc1C(NC)c1cccc(F)c1F. The Morgan fingerprint density at radius 1 is 1.14 bits per heavy atom. The Labute approximate surface area is 123 Å². The van der Waals surface area contributed by atoms with E-state index in [0.29, 0.717) is 12.4 Å². The molecule has 2 aromatic rings. The number of nitrogens with one attached hydrogen (secondary N) is 1. The van der Waals surface area contributed by atoms with E-state index in [1.807, 2.05) is 32.0 Å². The second kappa shape index (κ2) is 6.68. The van der Waals surface area contributed by atoms with Gasteiger partial charge in [-0.15, -0.1) is 0 Å². The van der Waals surface area contributed by atoms with Crippen LogP contribution in [0, 0.1) is 18.6 Å². The summed E-state index contributed by atoms with van der Waals surface area (Å²) in [4.78, 5) is 0. The Kier molecular flexibility index (Phi) is 4.91. The molecule has 0 saturated heterocycles. The molecule has 0 aromatic heterocycles. The molecule has 0 spiro atoms. The highest BCUT2D eigenvalue weighted by molar-refractivity contribution is 5.44. The molecule has 0 radical (unpaired) electrons. The summed E-state index contributed by atoms with van der Waals surface area (Å²) in [5.74, 6) is -1.01. The van der Waals surface area contributed by atoms with E-state index < -0.39 is 17.7 Å². The third-order valence-corrected chi connectivity index (χ3v) is 3.36. The molecule has 0 aliphatic rings. The predicted octanol–water partition coefficient (Wildman–Crippen LogP) is 3.98. The summed E-state index contributed by atoms with van der Waals surface area (Å²) in [6.07, 6.45) is 0. The van der Waals surface area contributed by atoms with Crippen LogP contribution in [0.5, 0.6) is 5.75 Å². The van der Waals surface area contributed by atoms with Gasteiger partial charge >= 0.3 is 0 Å². The molecule has 0 bridgehead atoms. The summed E-state index contributed by atoms with van der Waals surface area (Å²) >= 11 is 0. The van der Waals surface area contributed by atoms with Crippen LogP contribution in [0.3, 0.4) is 0 Å². The Balaban J connectivity index is 2.55. The lowest BCUT2D eigenvalue weighted by Crippen LogP contribution is -2.20. The van der Waals surface area contributed by atoms with Gasteiger partial charge in [-0.25, -0.2) is 8.78 Å². The monoisotopic (exact) mass is 291 g/mol. The Bertz CT molecular complexity index is 628. The molecular weight excluding hydrogens is 272 g/mol. The van der Waals surface area contributed by atoms with E-state index in [9.17, 15) is 8.78 Å². The summed E-state index contributed by atoms with van der Waals surface area (Å²) in [7, 11) is 1.72. The number of hydrogen-bond acceptors (Lipinski definition) is 2. The van der Waals surface area contributed by atoms with Crippen LogP contribution in [0.2, 0.25) is 0 Å². The van der Waals surface area contributed by atoms with Gasteiger partial charge in [-0.1, -0.05) is 29.8 Å². The van der Waals surface area contributed by atoms with Gasteiger partial charge in [0, 0.05) is 11.1 Å². The first kappa shape index (κ1) is 15.4. The van der Waals surface area contributed by atoms with Crippen molar-refractivity contribution in [1.82, 2.24) is 5.32 Å². The number of aryl methyl sites for hydroxylation is 1. The second-order valence-electron chi connectivity index (χ2n) is 4.84. The second-order valence-corrected chi connectivity index (χ2v) is 4.84. The Hall–Kier alpha value is -1.94. The van der Waals surface area contributed by atoms with Gasteiger partial charge in [0.25, 0.3) is 0 Å². The first-order valence-electron chi connectivity index (χ1n) is 6.93. The van der Waals surface area contributed by atoms with Crippen LogP contribution in [-0.4, -0.2) is 13.7 Å². The van der Waals surface area contributed by atoms with Crippen molar-refractivity contribution in [2.24, 2.45) is 0 Å². The van der Waals surface area contributed by atoms with Crippen LogP contribution >= 0.6 is 0 Å². The number of ether oxygens (including phenoxy) is 1. The van der Waals surface area contributed by atoms with Crippen LogP contribution in [-0.2, 0) is 0 Å². The minimum atomic E-state index is -0.849. The van der Waals surface area contributed by atoms with E-state index in [-0.39, 0.29) is 5.56 Å². The predicted molar refractivity (Wildman–Crippen MR) is 79.6 cm³/mol. The van der Waals surface area contributed by atoms with Crippen LogP contribution in [0.15, 0.2) is 36.4 Å². The number of hydrogen-bond donors (Lipinski definition) is 1. The lowest BCUT2D eigenvalue weighted by atomic mass is 9.96. The highest BCUT2D eigenvalue weighted by atomic mass is 19.2. The molecule has 0 amide bonds. The van der Waals surface area contributed by atoms with Gasteiger partial charge in [0.1, 0.15) is 5.75 Å². The Morgan fingerprint density at radius 3 is 2.57 bits per heavy atom. The van der Waals surface area contributed by atoms with Gasteiger partial charge in [0.15, 0.2) is 11.6 Å². The lowest BCUT2D eigenvalue weighted by molar-refractivity contribution is 0.333. The summed E-state index contributed by atoms with van der Waals surface area (Å²) in [6.45, 7) is 4.35. The standard InChI is InChI=1S/C17H19F2NO/c1-4-21-15-9-8-11(2)10-13(15)17(20-3)12-6-5-7-14(18)16(12)19/h5-10,17,20H,4H2,1-3H3. The average molecular weight is 291 g/mol. The zero-order chi connectivity index (χ0) is 15.4. The van der Waals surface area contributed by atoms with E-state index in [4.69, 9.17) is 4.74 Å². The fourth-order valence-corrected chi connectivity index (χ4v) is 2.40. The smallest absolute Gasteiger partial charge is 0.163 e. The molecule has 2 nitrogen and oxygen atoms in total. The topological polar surface area (TPSA) is 21.3 Å². The zero-order valence-corrected chi connectivity index (χ0v) is 12.4. The van der Waals surface area contributed by atoms with Gasteiger partial charge in [0.05, 0.1) is 12.6 Å². The van der Waals surface area contributed by atoms with Crippen LogP contribution in [0.4, 0.5) is 8.78 Å². The largest absolute Gasteiger partial charge is 0.494 e. The van der Waals surface area contributed by atoms with Crippen molar-refractivity contribution in [2.75, 3.05) is 13.7 Å². The van der Waals surface area contributed by atoms with Crippen molar-refractivity contribution in [2.45, 2.75) is 19.9 Å². The lowest BCUT2D eigenvalue weighted by Gasteiger charge is -2.21. The molecule has 0 fully saturated rings. The molecule has 1 unspecified atom stereocenters. The number of benzene rings is 2. The van der Waals surface area contributed by atoms with Gasteiger partial charge in [-0.3, -0.25) is 0 Å². The van der Waals surface area contributed by atoms with Gasteiger partial charge in [-0.05, 0) is 33.0 Å². The third-order valence-electron chi connectivity index (χ3n) is 3.36. The van der Waals surface area contributed by atoms with E-state index in [1.54, 1.807) is 13.1 Å². The van der Waals surface area contributed by atoms with Crippen molar-refractivity contribution in [1.29, 1.82) is 0 Å². The van der Waals surface area contributed by atoms with Crippen molar-refractivity contribution in [3.05, 3.63) is 64.7 Å². The normalized spacial score (nSPS) is 12.2. The highest BCUT2D eigenvalue weighted by Crippen LogP contribution is 2.32. The molecule has 0 saturated carbocycles. The van der Waals surface area contributed by atoms with E-state index in [1.165, 1.54) is 6.07 Å². The molecule has 2 rings (SSSR count). The van der Waals surface area contributed by atoms with Crippen molar-refractivity contribution in [3.63, 3.8) is 0 Å². The summed E-state index contributed by atoms with van der Waals surface area (Å²) in [5, 5.41) is 3.04. The minimum absolute atomic E-state index is 0.268. The summed E-state index contributed by atoms with van der Waals surface area (Å²) < 4.78 is 33.2. The van der Waals surface area contributed by atoms with Gasteiger partial charge in [-0.2, -0.15) is 0 Å². The van der Waals surface area contributed by atoms with Gasteiger partial charge < -0.3 is 10.1 Å². The molecular formula is C17H19F2NO. The van der Waals surface area contributed by atoms with Crippen molar-refractivity contribution >= 4 is 0 Å². The van der Waals surface area contributed by atoms with Crippen LogP contribution in [0.1, 0.15) is 29.7 Å². The zero-order valence-electron chi connectivity index (χ0n) is 12.4. The van der Waals surface area contributed by atoms with Crippen molar-refractivity contribution in [3.8, 4) is 5.75 Å². The minimum Gasteiger partial charge on any atom is -0.494 e. The number of halogens is 2. The molecule has 0 heterocycles. The molecule has 21 heavy (non-hydrogen) atoms. The van der Waals surface area contributed by atoms with Gasteiger partial charge in [0.2, 0.25) is 0 Å². The van der Waals surface area contributed by atoms with E-state index >= 15 is 0 Å². The van der Waals surface area contributed by atoms with Crippen LogP contribution < -0.4 is 10.1 Å². The first-order valence-corrected chi connectivity index (χ1v) is 6.93. The first-order chi connectivity index (χ1) is 10.1. The molecule has 0 aliphatic heterocycles.